The second-order valence-corrected chi connectivity index (χ2v) is 5.00. The van der Waals surface area contributed by atoms with E-state index in [2.05, 4.69) is 17.4 Å². The van der Waals surface area contributed by atoms with Crippen LogP contribution in [-0.4, -0.2) is 11.2 Å². The van der Waals surface area contributed by atoms with Gasteiger partial charge in [-0.1, -0.05) is 24.4 Å². The Morgan fingerprint density at radius 2 is 2.19 bits per heavy atom. The molecule has 1 atom stereocenters. The lowest BCUT2D eigenvalue weighted by Gasteiger charge is -2.28. The number of nitrogens with zero attached hydrogens (tertiary/aromatic N) is 1. The van der Waals surface area contributed by atoms with Gasteiger partial charge >= 0.3 is 0 Å². The smallest absolute Gasteiger partial charge is 0.150 e. The molecule has 1 fully saturated rings. The third kappa shape index (κ3) is 3.08. The quantitative estimate of drug-likeness (QED) is 0.851. The van der Waals surface area contributed by atoms with Crippen molar-refractivity contribution in [2.24, 2.45) is 5.92 Å². The summed E-state index contributed by atoms with van der Waals surface area (Å²) < 4.78 is 5.19. The highest BCUT2D eigenvalue weighted by atomic mass is 16.5. The van der Waals surface area contributed by atoms with Crippen molar-refractivity contribution < 1.29 is 4.52 Å². The SMILES string of the molecule is Cc1cc(CNC(C)C2CCCCC2)on1. The summed E-state index contributed by atoms with van der Waals surface area (Å²) in [6, 6.07) is 2.59. The number of aryl methyl sites for hydroxylation is 1. The third-order valence-corrected chi connectivity index (χ3v) is 3.63. The molecule has 0 amide bonds. The molecule has 1 heterocycles. The Bertz CT molecular complexity index is 315. The highest BCUT2D eigenvalue weighted by Crippen LogP contribution is 2.26. The molecule has 1 saturated carbocycles. The summed E-state index contributed by atoms with van der Waals surface area (Å²) in [5.74, 6) is 1.79. The lowest BCUT2D eigenvalue weighted by molar-refractivity contribution is 0.270. The van der Waals surface area contributed by atoms with Crippen molar-refractivity contribution in [1.29, 1.82) is 0 Å². The lowest BCUT2D eigenvalue weighted by Crippen LogP contribution is -2.34. The molecule has 0 aromatic carbocycles. The molecule has 1 aliphatic carbocycles. The van der Waals surface area contributed by atoms with E-state index >= 15 is 0 Å². The maximum atomic E-state index is 5.19. The Morgan fingerprint density at radius 1 is 1.44 bits per heavy atom. The van der Waals surface area contributed by atoms with Crippen LogP contribution in [0.1, 0.15) is 50.5 Å². The van der Waals surface area contributed by atoms with Gasteiger partial charge in [-0.3, -0.25) is 0 Å². The third-order valence-electron chi connectivity index (χ3n) is 3.63. The van der Waals surface area contributed by atoms with Crippen LogP contribution in [0.2, 0.25) is 0 Å². The van der Waals surface area contributed by atoms with E-state index in [0.29, 0.717) is 6.04 Å². The van der Waals surface area contributed by atoms with Gasteiger partial charge in [-0.15, -0.1) is 0 Å². The van der Waals surface area contributed by atoms with Gasteiger partial charge in [-0.25, -0.2) is 0 Å². The highest BCUT2D eigenvalue weighted by Gasteiger charge is 2.19. The number of nitrogens with one attached hydrogen (secondary N) is 1. The van der Waals surface area contributed by atoms with Crippen molar-refractivity contribution in [2.75, 3.05) is 0 Å². The molecule has 0 aliphatic heterocycles. The van der Waals surface area contributed by atoms with E-state index < -0.39 is 0 Å². The molecule has 3 heteroatoms. The number of hydrogen-bond acceptors (Lipinski definition) is 3. The van der Waals surface area contributed by atoms with Crippen LogP contribution in [0.5, 0.6) is 0 Å². The van der Waals surface area contributed by atoms with Gasteiger partial charge < -0.3 is 9.84 Å². The zero-order chi connectivity index (χ0) is 11.4. The Morgan fingerprint density at radius 3 is 2.81 bits per heavy atom. The fourth-order valence-corrected chi connectivity index (χ4v) is 2.56. The summed E-state index contributed by atoms with van der Waals surface area (Å²) in [6.45, 7) is 5.05. The minimum absolute atomic E-state index is 0.589. The van der Waals surface area contributed by atoms with Crippen LogP contribution in [0.15, 0.2) is 10.6 Å². The molecule has 1 aromatic heterocycles. The summed E-state index contributed by atoms with van der Waals surface area (Å²) in [4.78, 5) is 0. The van der Waals surface area contributed by atoms with E-state index in [1.807, 2.05) is 13.0 Å². The van der Waals surface area contributed by atoms with Gasteiger partial charge in [0.05, 0.1) is 12.2 Å². The van der Waals surface area contributed by atoms with Gasteiger partial charge in [-0.2, -0.15) is 0 Å². The Labute approximate surface area is 97.6 Å². The van der Waals surface area contributed by atoms with Crippen molar-refractivity contribution in [1.82, 2.24) is 10.5 Å². The first-order valence-corrected chi connectivity index (χ1v) is 6.41. The van der Waals surface area contributed by atoms with Crippen LogP contribution < -0.4 is 5.32 Å². The van der Waals surface area contributed by atoms with E-state index in [4.69, 9.17) is 4.52 Å². The molecule has 0 saturated heterocycles. The summed E-state index contributed by atoms with van der Waals surface area (Å²) >= 11 is 0. The second-order valence-electron chi connectivity index (χ2n) is 5.00. The Kier molecular flexibility index (Phi) is 3.99. The van der Waals surface area contributed by atoms with Gasteiger partial charge in [0, 0.05) is 12.1 Å². The summed E-state index contributed by atoms with van der Waals surface area (Å²) in [5, 5.41) is 7.44. The zero-order valence-corrected chi connectivity index (χ0v) is 10.3. The largest absolute Gasteiger partial charge is 0.360 e. The molecular weight excluding hydrogens is 200 g/mol. The molecule has 0 bridgehead atoms. The Balaban J connectivity index is 1.76. The van der Waals surface area contributed by atoms with Crippen LogP contribution >= 0.6 is 0 Å². The summed E-state index contributed by atoms with van der Waals surface area (Å²) in [5.41, 5.74) is 0.960. The van der Waals surface area contributed by atoms with Gasteiger partial charge in [0.1, 0.15) is 0 Å². The maximum Gasteiger partial charge on any atom is 0.150 e. The molecule has 1 unspecified atom stereocenters. The highest BCUT2D eigenvalue weighted by molar-refractivity contribution is 5.02. The molecule has 3 nitrogen and oxygen atoms in total. The standard InChI is InChI=1S/C13H22N2O/c1-10-8-13(16-15-10)9-14-11(2)12-6-4-3-5-7-12/h8,11-12,14H,3-7,9H2,1-2H3. The van der Waals surface area contributed by atoms with Crippen molar-refractivity contribution in [3.05, 3.63) is 17.5 Å². The van der Waals surface area contributed by atoms with E-state index in [0.717, 1.165) is 23.9 Å². The molecule has 1 aromatic rings. The van der Waals surface area contributed by atoms with Crippen LogP contribution in [0.25, 0.3) is 0 Å². The predicted octanol–water partition coefficient (Wildman–Crippen LogP) is 3.04. The van der Waals surface area contributed by atoms with E-state index in [9.17, 15) is 0 Å². The van der Waals surface area contributed by atoms with Crippen molar-refractivity contribution in [2.45, 2.75) is 58.5 Å². The first-order valence-electron chi connectivity index (χ1n) is 6.41. The van der Waals surface area contributed by atoms with Gasteiger partial charge in [-0.05, 0) is 32.6 Å². The van der Waals surface area contributed by atoms with Crippen LogP contribution in [0.4, 0.5) is 0 Å². The van der Waals surface area contributed by atoms with Crippen LogP contribution in [0, 0.1) is 12.8 Å². The summed E-state index contributed by atoms with van der Waals surface area (Å²) in [7, 11) is 0. The fraction of sp³-hybridized carbons (Fsp3) is 0.769. The first kappa shape index (κ1) is 11.6. The predicted molar refractivity (Wildman–Crippen MR) is 64.1 cm³/mol. The average molecular weight is 222 g/mol. The average Bonchev–Trinajstić information content (AvgIpc) is 2.73. The van der Waals surface area contributed by atoms with Gasteiger partial charge in [0.25, 0.3) is 0 Å². The zero-order valence-electron chi connectivity index (χ0n) is 10.3. The molecule has 1 aliphatic rings. The molecule has 1 N–H and O–H groups in total. The fourth-order valence-electron chi connectivity index (χ4n) is 2.56. The minimum atomic E-state index is 0.589. The molecule has 0 spiro atoms. The number of hydrogen-bond donors (Lipinski definition) is 1. The van der Waals surface area contributed by atoms with Crippen molar-refractivity contribution >= 4 is 0 Å². The summed E-state index contributed by atoms with van der Waals surface area (Å²) in [6.07, 6.45) is 6.98. The monoisotopic (exact) mass is 222 g/mol. The molecule has 2 rings (SSSR count). The van der Waals surface area contributed by atoms with E-state index in [-0.39, 0.29) is 0 Å². The Hall–Kier alpha value is -0.830. The topological polar surface area (TPSA) is 38.1 Å². The molecule has 16 heavy (non-hydrogen) atoms. The molecular formula is C13H22N2O. The van der Waals surface area contributed by atoms with Crippen molar-refractivity contribution in [3.63, 3.8) is 0 Å². The van der Waals surface area contributed by atoms with Gasteiger partial charge in [0.15, 0.2) is 5.76 Å². The number of rotatable bonds is 4. The number of aromatic nitrogens is 1. The maximum absolute atomic E-state index is 5.19. The van der Waals surface area contributed by atoms with E-state index in [1.54, 1.807) is 0 Å². The van der Waals surface area contributed by atoms with Gasteiger partial charge in [0.2, 0.25) is 0 Å². The first-order chi connectivity index (χ1) is 7.75. The normalized spacial score (nSPS) is 19.9. The van der Waals surface area contributed by atoms with Crippen LogP contribution in [0.3, 0.4) is 0 Å². The van der Waals surface area contributed by atoms with E-state index in [1.165, 1.54) is 32.1 Å². The van der Waals surface area contributed by atoms with Crippen LogP contribution in [-0.2, 0) is 6.54 Å². The van der Waals surface area contributed by atoms with Crippen molar-refractivity contribution in [3.8, 4) is 0 Å². The lowest BCUT2D eigenvalue weighted by atomic mass is 9.84. The second kappa shape index (κ2) is 5.48. The molecule has 0 radical (unpaired) electrons. The minimum Gasteiger partial charge on any atom is -0.360 e. The molecule has 90 valence electrons.